The maximum absolute atomic E-state index is 8.73. The van der Waals surface area contributed by atoms with E-state index in [0.717, 1.165) is 21.2 Å². The van der Waals surface area contributed by atoms with Gasteiger partial charge in [-0.1, -0.05) is 54.6 Å². The maximum atomic E-state index is 8.73. The first-order chi connectivity index (χ1) is 16.1. The van der Waals surface area contributed by atoms with E-state index in [4.69, 9.17) is 5.41 Å². The third-order valence-corrected chi connectivity index (χ3v) is 8.25. The lowest BCUT2D eigenvalue weighted by molar-refractivity contribution is 1.41. The van der Waals surface area contributed by atoms with E-state index in [2.05, 4.69) is 84.3 Å². The molecule has 3 nitrogen and oxygen atoms in total. The number of rotatable bonds is 2. The molecule has 0 unspecified atom stereocenters. The molecule has 33 heavy (non-hydrogen) atoms. The van der Waals surface area contributed by atoms with Crippen LogP contribution in [0, 0.1) is 12.3 Å². The van der Waals surface area contributed by atoms with Crippen molar-refractivity contribution in [2.75, 3.05) is 0 Å². The Hall–Kier alpha value is -3.67. The molecule has 2 heterocycles. The lowest BCUT2D eigenvalue weighted by Gasteiger charge is -2.06. The van der Waals surface area contributed by atoms with Crippen LogP contribution in [-0.2, 0) is 0 Å². The van der Waals surface area contributed by atoms with Gasteiger partial charge in [-0.15, -0.1) is 22.7 Å². The number of aryl methyl sites for hydroxylation is 1. The number of amidine groups is 2. The summed E-state index contributed by atoms with van der Waals surface area (Å²) < 4.78 is 4.83. The van der Waals surface area contributed by atoms with E-state index in [0.29, 0.717) is 5.84 Å². The number of hydrogen-bond donors (Lipinski definition) is 1. The van der Waals surface area contributed by atoms with Crippen molar-refractivity contribution in [3.8, 4) is 0 Å². The van der Waals surface area contributed by atoms with Crippen molar-refractivity contribution in [2.45, 2.75) is 6.92 Å². The summed E-state index contributed by atoms with van der Waals surface area (Å²) >= 11 is 3.51. The molecule has 0 aliphatic rings. The van der Waals surface area contributed by atoms with Gasteiger partial charge in [-0.05, 0) is 43.5 Å². The number of aliphatic imine (C=N–C) groups is 2. The van der Waals surface area contributed by atoms with Crippen LogP contribution in [0.5, 0.6) is 0 Å². The van der Waals surface area contributed by atoms with Gasteiger partial charge in [-0.2, -0.15) is 0 Å². The van der Waals surface area contributed by atoms with Crippen LogP contribution >= 0.6 is 22.7 Å². The topological polar surface area (TPSA) is 48.6 Å². The fourth-order valence-corrected chi connectivity index (χ4v) is 6.80. The summed E-state index contributed by atoms with van der Waals surface area (Å²) in [6, 6.07) is 27.1. The third kappa shape index (κ3) is 3.20. The summed E-state index contributed by atoms with van der Waals surface area (Å²) in [7, 11) is 0. The predicted octanol–water partition coefficient (Wildman–Crippen LogP) is 8.20. The second kappa shape index (κ2) is 7.73. The average molecular weight is 462 g/mol. The molecule has 0 radical (unpaired) electrons. The van der Waals surface area contributed by atoms with Gasteiger partial charge < -0.3 is 0 Å². The summed E-state index contributed by atoms with van der Waals surface area (Å²) in [5, 5.41) is 13.5. The van der Waals surface area contributed by atoms with Crippen LogP contribution in [0.4, 0.5) is 0 Å². The highest BCUT2D eigenvalue weighted by Crippen LogP contribution is 2.38. The molecule has 0 aliphatic carbocycles. The highest BCUT2D eigenvalue weighted by atomic mass is 32.1. The summed E-state index contributed by atoms with van der Waals surface area (Å²) in [5.41, 5.74) is 2.91. The fourth-order valence-electron chi connectivity index (χ4n) is 4.45. The van der Waals surface area contributed by atoms with Gasteiger partial charge in [-0.3, -0.25) is 5.41 Å². The summed E-state index contributed by atoms with van der Waals surface area (Å²) in [6.07, 6.45) is 0. The van der Waals surface area contributed by atoms with Crippen molar-refractivity contribution >= 4 is 81.4 Å². The highest BCUT2D eigenvalue weighted by Gasteiger charge is 2.15. The van der Waals surface area contributed by atoms with Gasteiger partial charge in [-0.25, -0.2) is 9.98 Å². The molecule has 6 aromatic rings. The van der Waals surface area contributed by atoms with Gasteiger partial charge in [0.25, 0.3) is 0 Å². The zero-order chi connectivity index (χ0) is 22.5. The molecule has 6 rings (SSSR count). The lowest BCUT2D eigenvalue weighted by atomic mass is 10.0. The number of nitrogens with zero attached hydrogens (tertiary/aromatic N) is 2. The highest BCUT2D eigenvalue weighted by molar-refractivity contribution is 7.26. The number of nitrogens with one attached hydrogen (secondary N) is 1. The summed E-state index contributed by atoms with van der Waals surface area (Å²) in [4.78, 5) is 8.90. The van der Waals surface area contributed by atoms with Crippen LogP contribution in [0.2, 0.25) is 0 Å². The molecule has 2 aromatic heterocycles. The standard InChI is InChI=1S/C28H19N3S2/c1-16-7-5-11-22-25(16)26-20(9-6-12-23(26)33-22)28(30-2)31-27(29)17-13-14-19-18-8-3-4-10-21(18)32-24(19)15-17/h3-15,29H,2H2,1H3. The number of benzene rings is 4. The van der Waals surface area contributed by atoms with Gasteiger partial charge in [0.2, 0.25) is 0 Å². The predicted molar refractivity (Wildman–Crippen MR) is 146 cm³/mol. The number of thiophene rings is 2. The Bertz CT molecular complexity index is 1770. The molecule has 0 saturated carbocycles. The van der Waals surface area contributed by atoms with Crippen molar-refractivity contribution in [1.82, 2.24) is 0 Å². The Morgan fingerprint density at radius 1 is 0.758 bits per heavy atom. The molecule has 0 aliphatic heterocycles. The molecule has 5 heteroatoms. The molecule has 0 atom stereocenters. The molecule has 0 amide bonds. The first kappa shape index (κ1) is 20.0. The van der Waals surface area contributed by atoms with E-state index in [-0.39, 0.29) is 5.84 Å². The van der Waals surface area contributed by atoms with Crippen LogP contribution in [0.15, 0.2) is 88.8 Å². The van der Waals surface area contributed by atoms with Crippen molar-refractivity contribution < 1.29 is 0 Å². The Kier molecular flexibility index (Phi) is 4.68. The van der Waals surface area contributed by atoms with E-state index in [9.17, 15) is 0 Å². The van der Waals surface area contributed by atoms with Crippen molar-refractivity contribution in [3.05, 3.63) is 95.6 Å². The Balaban J connectivity index is 1.49. The van der Waals surface area contributed by atoms with Crippen molar-refractivity contribution in [3.63, 3.8) is 0 Å². The SMILES string of the molecule is C=NC(=NC(=N)c1ccc2c(c1)sc1ccccc12)c1cccc2sc3cccc(C)c3c12. The molecule has 158 valence electrons. The quantitative estimate of drug-likeness (QED) is 0.200. The van der Waals surface area contributed by atoms with Gasteiger partial charge in [0.1, 0.15) is 0 Å². The van der Waals surface area contributed by atoms with Crippen LogP contribution in [0.3, 0.4) is 0 Å². The maximum Gasteiger partial charge on any atom is 0.161 e. The van der Waals surface area contributed by atoms with Crippen LogP contribution in [0.25, 0.3) is 40.3 Å². The molecular formula is C28H19N3S2. The number of hydrogen-bond acceptors (Lipinski definition) is 3. The third-order valence-electron chi connectivity index (χ3n) is 5.99. The average Bonchev–Trinajstić information content (AvgIpc) is 3.40. The van der Waals surface area contributed by atoms with Gasteiger partial charge in [0.05, 0.1) is 0 Å². The summed E-state index contributed by atoms with van der Waals surface area (Å²) in [6.45, 7) is 5.92. The van der Waals surface area contributed by atoms with E-state index in [1.54, 1.807) is 22.7 Å². The molecular weight excluding hydrogens is 442 g/mol. The second-order valence-electron chi connectivity index (χ2n) is 7.98. The van der Waals surface area contributed by atoms with E-state index < -0.39 is 0 Å². The Labute approximate surface area is 198 Å². The zero-order valence-corrected chi connectivity index (χ0v) is 19.6. The zero-order valence-electron chi connectivity index (χ0n) is 17.9. The fraction of sp³-hybridized carbons (Fsp3) is 0.0357. The number of fused-ring (bicyclic) bond motifs is 6. The smallest absolute Gasteiger partial charge is 0.161 e. The van der Waals surface area contributed by atoms with Crippen LogP contribution in [-0.4, -0.2) is 18.4 Å². The molecule has 0 saturated heterocycles. The van der Waals surface area contributed by atoms with Gasteiger partial charge in [0.15, 0.2) is 11.7 Å². The van der Waals surface area contributed by atoms with Crippen molar-refractivity contribution in [2.24, 2.45) is 9.98 Å². The Morgan fingerprint density at radius 3 is 2.30 bits per heavy atom. The lowest BCUT2D eigenvalue weighted by Crippen LogP contribution is -2.04. The molecule has 0 fully saturated rings. The second-order valence-corrected chi connectivity index (χ2v) is 10.1. The van der Waals surface area contributed by atoms with E-state index in [1.807, 2.05) is 18.2 Å². The minimum atomic E-state index is 0.185. The monoisotopic (exact) mass is 461 g/mol. The first-order valence-corrected chi connectivity index (χ1v) is 12.2. The van der Waals surface area contributed by atoms with E-state index >= 15 is 0 Å². The van der Waals surface area contributed by atoms with Crippen LogP contribution < -0.4 is 0 Å². The normalized spacial score (nSPS) is 12.2. The van der Waals surface area contributed by atoms with Crippen molar-refractivity contribution in [1.29, 1.82) is 5.41 Å². The molecule has 4 aromatic carbocycles. The van der Waals surface area contributed by atoms with Gasteiger partial charge in [0, 0.05) is 51.5 Å². The molecule has 0 spiro atoms. The Morgan fingerprint density at radius 2 is 1.45 bits per heavy atom. The first-order valence-electron chi connectivity index (χ1n) is 10.6. The molecule has 1 N–H and O–H groups in total. The minimum Gasteiger partial charge on any atom is -0.282 e. The molecule has 0 bridgehead atoms. The van der Waals surface area contributed by atoms with E-state index in [1.165, 1.54) is 35.8 Å². The van der Waals surface area contributed by atoms with Gasteiger partial charge >= 0.3 is 0 Å². The summed E-state index contributed by atoms with van der Waals surface area (Å²) in [5.74, 6) is 0.662. The van der Waals surface area contributed by atoms with Crippen LogP contribution in [0.1, 0.15) is 16.7 Å². The minimum absolute atomic E-state index is 0.185. The largest absolute Gasteiger partial charge is 0.282 e.